The molecular weight excluding hydrogens is 262 g/mol. The second-order valence-electron chi connectivity index (χ2n) is 3.86. The maximum absolute atomic E-state index is 11.3. The molecule has 0 fully saturated rings. The van der Waals surface area contributed by atoms with E-state index in [-0.39, 0.29) is 11.9 Å². The molecule has 0 bridgehead atoms. The van der Waals surface area contributed by atoms with Crippen LogP contribution in [0.25, 0.3) is 0 Å². The van der Waals surface area contributed by atoms with Crippen molar-refractivity contribution in [3.63, 3.8) is 0 Å². The number of rotatable bonds is 5. The number of hydrogen-bond donors (Lipinski definition) is 2. The normalized spacial score (nSPS) is 11.9. The molecule has 2 N–H and O–H groups in total. The van der Waals surface area contributed by atoms with E-state index in [1.54, 1.807) is 36.7 Å². The van der Waals surface area contributed by atoms with Gasteiger partial charge in [-0.2, -0.15) is 0 Å². The Balaban J connectivity index is 2.08. The Bertz CT molecular complexity index is 526. The van der Waals surface area contributed by atoms with E-state index >= 15 is 0 Å². The standard InChI is InChI=1S/C12H15N5OS/c1-3-8(12-14-6-7-19-12)15-10-5-4-9(16-17-10)11(18)13-2/h4-8H,3H2,1-2H3,(H,13,18)(H,15,17). The third-order valence-corrected chi connectivity index (χ3v) is 3.49. The molecule has 0 radical (unpaired) electrons. The number of aromatic nitrogens is 3. The van der Waals surface area contributed by atoms with Crippen molar-refractivity contribution >= 4 is 23.1 Å². The Morgan fingerprint density at radius 2 is 2.26 bits per heavy atom. The van der Waals surface area contributed by atoms with Crippen molar-refractivity contribution in [2.45, 2.75) is 19.4 Å². The quantitative estimate of drug-likeness (QED) is 0.872. The summed E-state index contributed by atoms with van der Waals surface area (Å²) >= 11 is 1.60. The van der Waals surface area contributed by atoms with Gasteiger partial charge < -0.3 is 10.6 Å². The van der Waals surface area contributed by atoms with Crippen LogP contribution >= 0.6 is 11.3 Å². The van der Waals surface area contributed by atoms with Crippen molar-refractivity contribution in [3.8, 4) is 0 Å². The fourth-order valence-electron chi connectivity index (χ4n) is 1.58. The molecule has 1 amide bonds. The first kappa shape index (κ1) is 13.4. The van der Waals surface area contributed by atoms with Gasteiger partial charge in [0.05, 0.1) is 6.04 Å². The van der Waals surface area contributed by atoms with E-state index in [1.165, 1.54) is 0 Å². The molecule has 19 heavy (non-hydrogen) atoms. The summed E-state index contributed by atoms with van der Waals surface area (Å²) in [6, 6.07) is 3.50. The van der Waals surface area contributed by atoms with Gasteiger partial charge in [-0.05, 0) is 18.6 Å². The first-order valence-corrected chi connectivity index (χ1v) is 6.84. The van der Waals surface area contributed by atoms with Crippen LogP contribution in [0, 0.1) is 0 Å². The molecule has 1 unspecified atom stereocenters. The van der Waals surface area contributed by atoms with Gasteiger partial charge >= 0.3 is 0 Å². The number of anilines is 1. The van der Waals surface area contributed by atoms with E-state index in [4.69, 9.17) is 0 Å². The monoisotopic (exact) mass is 277 g/mol. The molecule has 0 saturated heterocycles. The Morgan fingerprint density at radius 3 is 2.79 bits per heavy atom. The molecule has 0 aromatic carbocycles. The summed E-state index contributed by atoms with van der Waals surface area (Å²) in [6.07, 6.45) is 2.68. The molecule has 6 nitrogen and oxygen atoms in total. The van der Waals surface area contributed by atoms with E-state index in [1.807, 2.05) is 5.38 Å². The molecule has 2 heterocycles. The first-order valence-electron chi connectivity index (χ1n) is 5.96. The molecule has 0 aliphatic rings. The van der Waals surface area contributed by atoms with Gasteiger partial charge in [0, 0.05) is 18.6 Å². The van der Waals surface area contributed by atoms with Crippen LogP contribution in [0.1, 0.15) is 34.9 Å². The van der Waals surface area contributed by atoms with Crippen LogP contribution in [0.3, 0.4) is 0 Å². The highest BCUT2D eigenvalue weighted by Crippen LogP contribution is 2.22. The highest BCUT2D eigenvalue weighted by molar-refractivity contribution is 7.09. The summed E-state index contributed by atoms with van der Waals surface area (Å²) in [5.74, 6) is 0.390. The molecule has 1 atom stereocenters. The van der Waals surface area contributed by atoms with Crippen LogP contribution < -0.4 is 10.6 Å². The number of carbonyl (C=O) groups is 1. The molecule has 2 aromatic heterocycles. The van der Waals surface area contributed by atoms with Gasteiger partial charge in [-0.15, -0.1) is 21.5 Å². The Morgan fingerprint density at radius 1 is 1.42 bits per heavy atom. The maximum Gasteiger partial charge on any atom is 0.271 e. The van der Waals surface area contributed by atoms with Gasteiger partial charge in [-0.25, -0.2) is 4.98 Å². The molecule has 2 aromatic rings. The summed E-state index contributed by atoms with van der Waals surface area (Å²) in [5.41, 5.74) is 0.301. The van der Waals surface area contributed by atoms with E-state index in [9.17, 15) is 4.79 Å². The van der Waals surface area contributed by atoms with Crippen molar-refractivity contribution in [3.05, 3.63) is 34.4 Å². The summed E-state index contributed by atoms with van der Waals surface area (Å²) in [6.45, 7) is 2.07. The molecule has 0 aliphatic carbocycles. The molecular formula is C12H15N5OS. The van der Waals surface area contributed by atoms with E-state index in [2.05, 4.69) is 32.7 Å². The number of nitrogens with one attached hydrogen (secondary N) is 2. The zero-order valence-corrected chi connectivity index (χ0v) is 11.6. The van der Waals surface area contributed by atoms with Gasteiger partial charge in [0.25, 0.3) is 5.91 Å². The van der Waals surface area contributed by atoms with Gasteiger partial charge in [0.1, 0.15) is 10.8 Å². The molecule has 0 aliphatic heterocycles. The smallest absolute Gasteiger partial charge is 0.271 e. The third kappa shape index (κ3) is 3.25. The summed E-state index contributed by atoms with van der Waals surface area (Å²) < 4.78 is 0. The number of thiazole rings is 1. The molecule has 7 heteroatoms. The van der Waals surface area contributed by atoms with Gasteiger partial charge in [-0.3, -0.25) is 4.79 Å². The predicted octanol–water partition coefficient (Wildman–Crippen LogP) is 1.86. The molecule has 2 rings (SSSR count). The Kier molecular flexibility index (Phi) is 4.40. The molecule has 100 valence electrons. The summed E-state index contributed by atoms with van der Waals surface area (Å²) in [4.78, 5) is 15.6. The Hall–Kier alpha value is -2.02. The van der Waals surface area contributed by atoms with Crippen LogP contribution in [0.5, 0.6) is 0 Å². The largest absolute Gasteiger partial charge is 0.359 e. The van der Waals surface area contributed by atoms with Crippen LogP contribution in [0.4, 0.5) is 5.82 Å². The number of amides is 1. The van der Waals surface area contributed by atoms with E-state index in [0.717, 1.165) is 11.4 Å². The molecule has 0 spiro atoms. The number of carbonyl (C=O) groups excluding carboxylic acids is 1. The molecule has 0 saturated carbocycles. The topological polar surface area (TPSA) is 79.8 Å². The minimum Gasteiger partial charge on any atom is -0.359 e. The zero-order chi connectivity index (χ0) is 13.7. The predicted molar refractivity (Wildman–Crippen MR) is 74.2 cm³/mol. The van der Waals surface area contributed by atoms with Gasteiger partial charge in [0.15, 0.2) is 5.69 Å². The second kappa shape index (κ2) is 6.24. The fourth-order valence-corrected chi connectivity index (χ4v) is 2.35. The lowest BCUT2D eigenvalue weighted by Gasteiger charge is -2.14. The summed E-state index contributed by atoms with van der Waals surface area (Å²) in [5, 5.41) is 16.6. The minimum atomic E-state index is -0.244. The van der Waals surface area contributed by atoms with E-state index < -0.39 is 0 Å². The maximum atomic E-state index is 11.3. The average Bonchev–Trinajstić information content (AvgIpc) is 2.98. The summed E-state index contributed by atoms with van der Waals surface area (Å²) in [7, 11) is 1.56. The van der Waals surface area contributed by atoms with E-state index in [0.29, 0.717) is 11.5 Å². The lowest BCUT2D eigenvalue weighted by molar-refractivity contribution is 0.0957. The Labute approximate surface area is 115 Å². The zero-order valence-electron chi connectivity index (χ0n) is 10.8. The lowest BCUT2D eigenvalue weighted by Crippen LogP contribution is -2.20. The third-order valence-electron chi connectivity index (χ3n) is 2.60. The lowest BCUT2D eigenvalue weighted by atomic mass is 10.2. The van der Waals surface area contributed by atoms with Gasteiger partial charge in [-0.1, -0.05) is 6.92 Å². The number of nitrogens with zero attached hydrogens (tertiary/aromatic N) is 3. The average molecular weight is 277 g/mol. The van der Waals surface area contributed by atoms with Crippen molar-refractivity contribution < 1.29 is 4.79 Å². The SMILES string of the molecule is CCC(Nc1ccc(C(=O)NC)nn1)c1nccs1. The second-order valence-corrected chi connectivity index (χ2v) is 4.78. The van der Waals surface area contributed by atoms with Crippen molar-refractivity contribution in [2.24, 2.45) is 0 Å². The number of hydrogen-bond acceptors (Lipinski definition) is 6. The van der Waals surface area contributed by atoms with Crippen molar-refractivity contribution in [1.82, 2.24) is 20.5 Å². The van der Waals surface area contributed by atoms with Gasteiger partial charge in [0.2, 0.25) is 0 Å². The minimum absolute atomic E-state index is 0.111. The first-order chi connectivity index (χ1) is 9.24. The highest BCUT2D eigenvalue weighted by atomic mass is 32.1. The van der Waals surface area contributed by atoms with Crippen molar-refractivity contribution in [2.75, 3.05) is 12.4 Å². The van der Waals surface area contributed by atoms with Crippen molar-refractivity contribution in [1.29, 1.82) is 0 Å². The van der Waals surface area contributed by atoms with Crippen LogP contribution in [0.15, 0.2) is 23.7 Å². The van der Waals surface area contributed by atoms with Crippen LogP contribution in [-0.4, -0.2) is 28.1 Å². The highest BCUT2D eigenvalue weighted by Gasteiger charge is 2.13. The van der Waals surface area contributed by atoms with Crippen LogP contribution in [0.2, 0.25) is 0 Å². The van der Waals surface area contributed by atoms with Crippen LogP contribution in [-0.2, 0) is 0 Å². The fraction of sp³-hybridized carbons (Fsp3) is 0.333.